The molecule has 0 saturated carbocycles. The molecule has 0 saturated heterocycles. The Morgan fingerprint density at radius 3 is 2.25 bits per heavy atom. The number of hydrogen-bond donors (Lipinski definition) is 2. The molecule has 0 spiro atoms. The fraction of sp³-hybridized carbons (Fsp3) is 0.917. The van der Waals surface area contributed by atoms with Crippen LogP contribution < -0.4 is 11.1 Å². The maximum atomic E-state index is 11.7. The number of nitrogens with zero attached hydrogens (tertiary/aromatic N) is 1. The zero-order valence-electron chi connectivity index (χ0n) is 11.3. The van der Waals surface area contributed by atoms with E-state index in [0.717, 1.165) is 13.0 Å². The van der Waals surface area contributed by atoms with Gasteiger partial charge in [0.15, 0.2) is 0 Å². The maximum Gasteiger partial charge on any atom is 0.220 e. The monoisotopic (exact) mass is 229 g/mol. The summed E-state index contributed by atoms with van der Waals surface area (Å²) in [5.41, 5.74) is 5.62. The van der Waals surface area contributed by atoms with Crippen molar-refractivity contribution in [1.29, 1.82) is 0 Å². The molecule has 0 aliphatic carbocycles. The summed E-state index contributed by atoms with van der Waals surface area (Å²) >= 11 is 0. The van der Waals surface area contributed by atoms with E-state index in [1.165, 1.54) is 0 Å². The summed E-state index contributed by atoms with van der Waals surface area (Å²) in [6, 6.07) is 0.313. The third kappa shape index (κ3) is 7.65. The predicted octanol–water partition coefficient (Wildman–Crippen LogP) is 0.816. The topological polar surface area (TPSA) is 58.4 Å². The van der Waals surface area contributed by atoms with E-state index in [1.807, 2.05) is 21.0 Å². The van der Waals surface area contributed by atoms with E-state index in [4.69, 9.17) is 5.73 Å². The molecule has 0 rings (SSSR count). The number of nitrogens with two attached hydrogens (primary N) is 1. The Balaban J connectivity index is 4.03. The van der Waals surface area contributed by atoms with Crippen molar-refractivity contribution in [3.05, 3.63) is 0 Å². The molecule has 1 amide bonds. The fourth-order valence-electron chi connectivity index (χ4n) is 1.45. The Morgan fingerprint density at radius 1 is 1.31 bits per heavy atom. The number of hydrogen-bond acceptors (Lipinski definition) is 3. The standard InChI is InChI=1S/C12H27N3O/c1-9(2)11(8-15(4)5)14-12(16)7-6-10(3)13/h9-11H,6-8,13H2,1-5H3,(H,14,16). The lowest BCUT2D eigenvalue weighted by atomic mass is 10.0. The maximum absolute atomic E-state index is 11.7. The summed E-state index contributed by atoms with van der Waals surface area (Å²) in [4.78, 5) is 13.8. The molecule has 2 unspecified atom stereocenters. The van der Waals surface area contributed by atoms with E-state index in [-0.39, 0.29) is 18.0 Å². The van der Waals surface area contributed by atoms with Gasteiger partial charge in [-0.05, 0) is 33.4 Å². The van der Waals surface area contributed by atoms with Gasteiger partial charge in [-0.3, -0.25) is 4.79 Å². The predicted molar refractivity (Wildman–Crippen MR) is 68.2 cm³/mol. The van der Waals surface area contributed by atoms with Crippen LogP contribution in [-0.4, -0.2) is 43.5 Å². The second kappa shape index (κ2) is 7.63. The fourth-order valence-corrected chi connectivity index (χ4v) is 1.45. The van der Waals surface area contributed by atoms with Crippen LogP contribution in [0.25, 0.3) is 0 Å². The van der Waals surface area contributed by atoms with Gasteiger partial charge in [-0.2, -0.15) is 0 Å². The zero-order chi connectivity index (χ0) is 12.7. The number of carbonyl (C=O) groups is 1. The van der Waals surface area contributed by atoms with Gasteiger partial charge < -0.3 is 16.0 Å². The van der Waals surface area contributed by atoms with Crippen LogP contribution in [-0.2, 0) is 4.79 Å². The van der Waals surface area contributed by atoms with Crippen molar-refractivity contribution < 1.29 is 4.79 Å². The van der Waals surface area contributed by atoms with Gasteiger partial charge in [0, 0.05) is 25.0 Å². The molecule has 3 N–H and O–H groups in total. The Hall–Kier alpha value is -0.610. The molecule has 0 bridgehead atoms. The molecule has 0 radical (unpaired) electrons. The van der Waals surface area contributed by atoms with Crippen molar-refractivity contribution in [2.75, 3.05) is 20.6 Å². The van der Waals surface area contributed by atoms with Gasteiger partial charge in [0.25, 0.3) is 0 Å². The summed E-state index contributed by atoms with van der Waals surface area (Å²) < 4.78 is 0. The zero-order valence-corrected chi connectivity index (χ0v) is 11.3. The average molecular weight is 229 g/mol. The molecule has 0 aromatic rings. The molecule has 16 heavy (non-hydrogen) atoms. The molecular weight excluding hydrogens is 202 g/mol. The van der Waals surface area contributed by atoms with Gasteiger partial charge in [0.2, 0.25) is 5.91 Å². The van der Waals surface area contributed by atoms with Gasteiger partial charge in [-0.15, -0.1) is 0 Å². The smallest absolute Gasteiger partial charge is 0.220 e. The summed E-state index contributed by atoms with van der Waals surface area (Å²) in [5.74, 6) is 0.555. The van der Waals surface area contributed by atoms with E-state index in [1.54, 1.807) is 0 Å². The molecule has 2 atom stereocenters. The highest BCUT2D eigenvalue weighted by atomic mass is 16.1. The highest BCUT2D eigenvalue weighted by Gasteiger charge is 2.16. The van der Waals surface area contributed by atoms with Crippen molar-refractivity contribution in [1.82, 2.24) is 10.2 Å². The Kier molecular flexibility index (Phi) is 7.34. The lowest BCUT2D eigenvalue weighted by Crippen LogP contribution is -2.45. The minimum absolute atomic E-state index is 0.0945. The van der Waals surface area contributed by atoms with Crippen molar-refractivity contribution in [3.8, 4) is 0 Å². The van der Waals surface area contributed by atoms with E-state index >= 15 is 0 Å². The highest BCUT2D eigenvalue weighted by molar-refractivity contribution is 5.76. The van der Waals surface area contributed by atoms with Crippen LogP contribution in [0, 0.1) is 5.92 Å². The van der Waals surface area contributed by atoms with Gasteiger partial charge in [-0.25, -0.2) is 0 Å². The van der Waals surface area contributed by atoms with Crippen LogP contribution in [0.1, 0.15) is 33.6 Å². The quantitative estimate of drug-likeness (QED) is 0.679. The van der Waals surface area contributed by atoms with E-state index < -0.39 is 0 Å². The lowest BCUT2D eigenvalue weighted by molar-refractivity contribution is -0.122. The third-order valence-corrected chi connectivity index (χ3v) is 2.54. The first-order valence-corrected chi connectivity index (χ1v) is 6.02. The first kappa shape index (κ1) is 15.4. The summed E-state index contributed by atoms with van der Waals surface area (Å²) in [5, 5.41) is 3.07. The molecule has 0 aliphatic heterocycles. The minimum atomic E-state index is 0.0945. The van der Waals surface area contributed by atoms with Crippen LogP contribution in [0.15, 0.2) is 0 Å². The van der Waals surface area contributed by atoms with Gasteiger partial charge >= 0.3 is 0 Å². The summed E-state index contributed by atoms with van der Waals surface area (Å²) in [7, 11) is 4.03. The first-order valence-electron chi connectivity index (χ1n) is 6.02. The number of amides is 1. The first-order chi connectivity index (χ1) is 7.32. The van der Waals surface area contributed by atoms with E-state index in [2.05, 4.69) is 24.1 Å². The molecule has 0 aromatic heterocycles. The molecule has 0 fully saturated rings. The molecule has 0 aliphatic rings. The number of likely N-dealkylation sites (N-methyl/N-ethyl adjacent to an activating group) is 1. The van der Waals surface area contributed by atoms with Gasteiger partial charge in [0.05, 0.1) is 0 Å². The Bertz CT molecular complexity index is 202. The van der Waals surface area contributed by atoms with Crippen LogP contribution in [0.3, 0.4) is 0 Å². The molecule has 96 valence electrons. The molecular formula is C12H27N3O. The second-order valence-electron chi connectivity index (χ2n) is 5.20. The number of carbonyl (C=O) groups excluding carboxylic acids is 1. The van der Waals surface area contributed by atoms with E-state index in [0.29, 0.717) is 12.3 Å². The summed E-state index contributed by atoms with van der Waals surface area (Å²) in [6.07, 6.45) is 1.27. The minimum Gasteiger partial charge on any atom is -0.352 e. The Morgan fingerprint density at radius 2 is 1.88 bits per heavy atom. The average Bonchev–Trinajstić information content (AvgIpc) is 2.12. The van der Waals surface area contributed by atoms with Gasteiger partial charge in [-0.1, -0.05) is 13.8 Å². The molecule has 0 heterocycles. The van der Waals surface area contributed by atoms with Crippen molar-refractivity contribution >= 4 is 5.91 Å². The van der Waals surface area contributed by atoms with Crippen LogP contribution >= 0.6 is 0 Å². The van der Waals surface area contributed by atoms with Gasteiger partial charge in [0.1, 0.15) is 0 Å². The molecule has 4 nitrogen and oxygen atoms in total. The normalized spacial score (nSPS) is 15.2. The molecule has 4 heteroatoms. The number of rotatable bonds is 7. The SMILES string of the molecule is CC(N)CCC(=O)NC(CN(C)C)C(C)C. The van der Waals surface area contributed by atoms with Crippen LogP contribution in [0.5, 0.6) is 0 Å². The van der Waals surface area contributed by atoms with Crippen LogP contribution in [0.2, 0.25) is 0 Å². The van der Waals surface area contributed by atoms with E-state index in [9.17, 15) is 4.79 Å². The van der Waals surface area contributed by atoms with Crippen molar-refractivity contribution in [2.45, 2.75) is 45.7 Å². The molecule has 0 aromatic carbocycles. The largest absolute Gasteiger partial charge is 0.352 e. The van der Waals surface area contributed by atoms with Crippen LogP contribution in [0.4, 0.5) is 0 Å². The third-order valence-electron chi connectivity index (χ3n) is 2.54. The number of nitrogens with one attached hydrogen (secondary N) is 1. The lowest BCUT2D eigenvalue weighted by Gasteiger charge is -2.25. The Labute approximate surface area is 99.6 Å². The second-order valence-corrected chi connectivity index (χ2v) is 5.20. The van der Waals surface area contributed by atoms with Crippen molar-refractivity contribution in [2.24, 2.45) is 11.7 Å². The highest BCUT2D eigenvalue weighted by Crippen LogP contribution is 2.04. The van der Waals surface area contributed by atoms with Crippen molar-refractivity contribution in [3.63, 3.8) is 0 Å². The summed E-state index contributed by atoms with van der Waals surface area (Å²) in [6.45, 7) is 7.05.